The van der Waals surface area contributed by atoms with Gasteiger partial charge in [-0.3, -0.25) is 4.90 Å². The van der Waals surface area contributed by atoms with Crippen molar-refractivity contribution in [2.75, 3.05) is 38.7 Å². The molecule has 1 fully saturated rings. The number of likely N-dealkylation sites (tertiary alicyclic amines) is 1. The van der Waals surface area contributed by atoms with Crippen LogP contribution >= 0.6 is 0 Å². The number of rotatable bonds is 6. The third-order valence-corrected chi connectivity index (χ3v) is 4.99. The van der Waals surface area contributed by atoms with Crippen LogP contribution in [0, 0.1) is 0 Å². The highest BCUT2D eigenvalue weighted by molar-refractivity contribution is 5.89. The van der Waals surface area contributed by atoms with Crippen LogP contribution in [0.25, 0.3) is 0 Å². The number of methoxy groups -OCH3 is 1. The molecule has 0 aromatic heterocycles. The normalized spacial score (nSPS) is 18.5. The van der Waals surface area contributed by atoms with E-state index in [1.54, 1.807) is 12.1 Å². The van der Waals surface area contributed by atoms with Crippen molar-refractivity contribution in [3.05, 3.63) is 65.7 Å². The third-order valence-electron chi connectivity index (χ3n) is 4.99. The molecule has 0 N–H and O–H groups in total. The number of likely N-dealkylation sites (N-methyl/N-ethyl adjacent to an activating group) is 1. The van der Waals surface area contributed by atoms with Gasteiger partial charge in [-0.15, -0.1) is 0 Å². The van der Waals surface area contributed by atoms with Gasteiger partial charge in [-0.2, -0.15) is 0 Å². The predicted molar refractivity (Wildman–Crippen MR) is 101 cm³/mol. The molecule has 2 aromatic carbocycles. The lowest BCUT2D eigenvalue weighted by Gasteiger charge is -2.33. The summed E-state index contributed by atoms with van der Waals surface area (Å²) < 4.78 is 18.4. The van der Waals surface area contributed by atoms with Crippen molar-refractivity contribution in [1.29, 1.82) is 0 Å². The molecular formula is C21H25FN2O2. The Labute approximate surface area is 154 Å². The fourth-order valence-electron chi connectivity index (χ4n) is 3.45. The molecule has 0 spiro atoms. The van der Waals surface area contributed by atoms with E-state index in [1.165, 1.54) is 12.7 Å². The maximum absolute atomic E-state index is 13.6. The minimum atomic E-state index is -0.726. The molecule has 5 heteroatoms. The second-order valence-electron chi connectivity index (χ2n) is 6.72. The molecule has 0 radical (unpaired) electrons. The number of esters is 1. The molecule has 1 saturated heterocycles. The number of nitrogens with zero attached hydrogens (tertiary/aromatic N) is 2. The van der Waals surface area contributed by atoms with E-state index in [4.69, 9.17) is 4.74 Å². The second-order valence-corrected chi connectivity index (χ2v) is 6.72. The maximum atomic E-state index is 13.6. The lowest BCUT2D eigenvalue weighted by Crippen LogP contribution is -2.35. The Balaban J connectivity index is 1.82. The van der Waals surface area contributed by atoms with Gasteiger partial charge in [0.2, 0.25) is 0 Å². The standard InChI is InChI=1S/C21H25FN2O2/c1-23(19-10-8-17(9-11-19)21(25)26-2)20(16-6-4-3-5-7-16)15-24-13-12-18(22)14-24/h3-11,18,20H,12-15H2,1-2H3/t18-,20+/m0/s1. The number of benzene rings is 2. The quantitative estimate of drug-likeness (QED) is 0.739. The molecule has 3 rings (SSSR count). The number of hydrogen-bond acceptors (Lipinski definition) is 4. The molecule has 0 aliphatic carbocycles. The van der Waals surface area contributed by atoms with Gasteiger partial charge < -0.3 is 9.64 Å². The van der Waals surface area contributed by atoms with Gasteiger partial charge in [-0.05, 0) is 36.2 Å². The number of hydrogen-bond donors (Lipinski definition) is 0. The average molecular weight is 356 g/mol. The smallest absolute Gasteiger partial charge is 0.337 e. The molecular weight excluding hydrogens is 331 g/mol. The Hall–Kier alpha value is -2.40. The number of alkyl halides is 1. The molecule has 0 bridgehead atoms. The summed E-state index contributed by atoms with van der Waals surface area (Å²) in [6.07, 6.45) is -0.116. The first kappa shape index (κ1) is 18.4. The summed E-state index contributed by atoms with van der Waals surface area (Å²) in [6, 6.07) is 17.7. The summed E-state index contributed by atoms with van der Waals surface area (Å²) in [5, 5.41) is 0. The maximum Gasteiger partial charge on any atom is 0.337 e. The molecule has 1 aliphatic rings. The van der Waals surface area contributed by atoms with E-state index in [0.717, 1.165) is 18.8 Å². The van der Waals surface area contributed by atoms with Crippen molar-refractivity contribution < 1.29 is 13.9 Å². The molecule has 1 heterocycles. The zero-order valence-corrected chi connectivity index (χ0v) is 15.3. The van der Waals surface area contributed by atoms with Crippen LogP contribution in [0.3, 0.4) is 0 Å². The molecule has 0 saturated carbocycles. The van der Waals surface area contributed by atoms with E-state index in [9.17, 15) is 9.18 Å². The fourth-order valence-corrected chi connectivity index (χ4v) is 3.45. The van der Waals surface area contributed by atoms with Crippen LogP contribution in [0.1, 0.15) is 28.4 Å². The van der Waals surface area contributed by atoms with E-state index < -0.39 is 6.17 Å². The molecule has 2 atom stereocenters. The number of anilines is 1. The number of carbonyl (C=O) groups excluding carboxylic acids is 1. The number of ether oxygens (including phenoxy) is 1. The first-order chi connectivity index (χ1) is 12.6. The molecule has 26 heavy (non-hydrogen) atoms. The van der Waals surface area contributed by atoms with Crippen molar-refractivity contribution in [1.82, 2.24) is 4.90 Å². The number of carbonyl (C=O) groups is 1. The van der Waals surface area contributed by atoms with Crippen LogP contribution in [-0.4, -0.2) is 50.8 Å². The van der Waals surface area contributed by atoms with Crippen molar-refractivity contribution >= 4 is 11.7 Å². The lowest BCUT2D eigenvalue weighted by molar-refractivity contribution is 0.0601. The SMILES string of the molecule is COC(=O)c1ccc(N(C)[C@H](CN2CC[C@H](F)C2)c2ccccc2)cc1. The highest BCUT2D eigenvalue weighted by Crippen LogP contribution is 2.28. The van der Waals surface area contributed by atoms with E-state index >= 15 is 0 Å². The van der Waals surface area contributed by atoms with Crippen molar-refractivity contribution in [2.24, 2.45) is 0 Å². The zero-order chi connectivity index (χ0) is 18.5. The van der Waals surface area contributed by atoms with Gasteiger partial charge in [-0.25, -0.2) is 9.18 Å². The van der Waals surface area contributed by atoms with E-state index in [0.29, 0.717) is 18.5 Å². The minimum Gasteiger partial charge on any atom is -0.465 e. The Bertz CT molecular complexity index is 721. The van der Waals surface area contributed by atoms with Crippen molar-refractivity contribution in [2.45, 2.75) is 18.6 Å². The summed E-state index contributed by atoms with van der Waals surface area (Å²) >= 11 is 0. The monoisotopic (exact) mass is 356 g/mol. The first-order valence-electron chi connectivity index (χ1n) is 8.91. The van der Waals surface area contributed by atoms with Crippen LogP contribution in [0.15, 0.2) is 54.6 Å². The van der Waals surface area contributed by atoms with Crippen molar-refractivity contribution in [3.8, 4) is 0 Å². The van der Waals surface area contributed by atoms with Gasteiger partial charge in [0.25, 0.3) is 0 Å². The molecule has 0 amide bonds. The zero-order valence-electron chi connectivity index (χ0n) is 15.3. The van der Waals surface area contributed by atoms with Gasteiger partial charge in [0.05, 0.1) is 18.7 Å². The molecule has 0 unspecified atom stereocenters. The predicted octanol–water partition coefficient (Wildman–Crippen LogP) is 3.69. The van der Waals surface area contributed by atoms with E-state index in [2.05, 4.69) is 21.9 Å². The third kappa shape index (κ3) is 4.22. The van der Waals surface area contributed by atoms with Gasteiger partial charge in [0.1, 0.15) is 6.17 Å². The summed E-state index contributed by atoms with van der Waals surface area (Å²) in [4.78, 5) is 16.0. The Kier molecular flexibility index (Phi) is 5.89. The highest BCUT2D eigenvalue weighted by Gasteiger charge is 2.27. The van der Waals surface area contributed by atoms with Crippen LogP contribution in [0.2, 0.25) is 0 Å². The largest absolute Gasteiger partial charge is 0.465 e. The van der Waals surface area contributed by atoms with Crippen LogP contribution in [-0.2, 0) is 4.74 Å². The van der Waals surface area contributed by atoms with Crippen LogP contribution < -0.4 is 4.90 Å². The van der Waals surface area contributed by atoms with Crippen molar-refractivity contribution in [3.63, 3.8) is 0 Å². The summed E-state index contributed by atoms with van der Waals surface area (Å²) in [5.41, 5.74) is 2.72. The van der Waals surface area contributed by atoms with Crippen LogP contribution in [0.5, 0.6) is 0 Å². The van der Waals surface area contributed by atoms with Gasteiger partial charge in [-0.1, -0.05) is 30.3 Å². The van der Waals surface area contributed by atoms with E-state index in [1.807, 2.05) is 37.4 Å². The first-order valence-corrected chi connectivity index (χ1v) is 8.91. The number of halogens is 1. The summed E-state index contributed by atoms with van der Waals surface area (Å²) in [5.74, 6) is -0.343. The van der Waals surface area contributed by atoms with Gasteiger partial charge in [0, 0.05) is 32.4 Å². The lowest BCUT2D eigenvalue weighted by atomic mass is 10.0. The molecule has 4 nitrogen and oxygen atoms in total. The van der Waals surface area contributed by atoms with Gasteiger partial charge in [0.15, 0.2) is 0 Å². The topological polar surface area (TPSA) is 32.8 Å². The summed E-state index contributed by atoms with van der Waals surface area (Å²) in [6.45, 7) is 2.05. The van der Waals surface area contributed by atoms with E-state index in [-0.39, 0.29) is 12.0 Å². The second kappa shape index (κ2) is 8.32. The Morgan fingerprint density at radius 1 is 1.23 bits per heavy atom. The Morgan fingerprint density at radius 2 is 1.92 bits per heavy atom. The summed E-state index contributed by atoms with van der Waals surface area (Å²) in [7, 11) is 3.41. The molecule has 1 aliphatic heterocycles. The average Bonchev–Trinajstić information content (AvgIpc) is 3.10. The fraction of sp³-hybridized carbons (Fsp3) is 0.381. The molecule has 138 valence electrons. The van der Waals surface area contributed by atoms with Crippen LogP contribution in [0.4, 0.5) is 10.1 Å². The Morgan fingerprint density at radius 3 is 2.50 bits per heavy atom. The minimum absolute atomic E-state index is 0.102. The molecule has 2 aromatic rings. The van der Waals surface area contributed by atoms with Gasteiger partial charge >= 0.3 is 5.97 Å². The highest BCUT2D eigenvalue weighted by atomic mass is 19.1.